The molecule has 0 saturated heterocycles. The molecule has 2 nitrogen and oxygen atoms in total. The van der Waals surface area contributed by atoms with Crippen LogP contribution in [0.5, 0.6) is 0 Å². The summed E-state index contributed by atoms with van der Waals surface area (Å²) in [6.07, 6.45) is 2.57. The molecule has 0 unspecified atom stereocenters. The van der Waals surface area contributed by atoms with Crippen molar-refractivity contribution in [1.29, 1.82) is 0 Å². The van der Waals surface area contributed by atoms with Gasteiger partial charge in [0, 0.05) is 16.6 Å². The third kappa shape index (κ3) is 3.34. The Bertz CT molecular complexity index is 319. The van der Waals surface area contributed by atoms with Gasteiger partial charge in [-0.3, -0.25) is 4.79 Å². The number of hydrogen-bond donors (Lipinski definition) is 1. The molecule has 1 N–H and O–H groups in total. The zero-order chi connectivity index (χ0) is 10.4. The molecule has 1 aromatic carbocycles. The lowest BCUT2D eigenvalue weighted by Crippen LogP contribution is -2.23. The normalized spacial score (nSPS) is 9.50. The van der Waals surface area contributed by atoms with Gasteiger partial charge in [-0.1, -0.05) is 22.0 Å². The van der Waals surface area contributed by atoms with Gasteiger partial charge < -0.3 is 5.32 Å². The highest BCUT2D eigenvalue weighted by Crippen LogP contribution is 2.10. The first-order valence-electron chi connectivity index (χ1n) is 4.38. The summed E-state index contributed by atoms with van der Waals surface area (Å²) in [7, 11) is 0. The Labute approximate surface area is 92.1 Å². The van der Waals surface area contributed by atoms with Gasteiger partial charge in [0.15, 0.2) is 0 Å². The van der Waals surface area contributed by atoms with Crippen molar-refractivity contribution >= 4 is 21.8 Å². The molecule has 0 atom stereocenters. The van der Waals surface area contributed by atoms with Crippen molar-refractivity contribution in [3.63, 3.8) is 0 Å². The van der Waals surface area contributed by atoms with E-state index < -0.39 is 0 Å². The van der Waals surface area contributed by atoms with Crippen molar-refractivity contribution in [2.75, 3.05) is 6.54 Å². The van der Waals surface area contributed by atoms with E-state index in [9.17, 15) is 4.79 Å². The second-order valence-corrected chi connectivity index (χ2v) is 3.76. The van der Waals surface area contributed by atoms with Crippen molar-refractivity contribution in [1.82, 2.24) is 5.32 Å². The topological polar surface area (TPSA) is 29.1 Å². The maximum atomic E-state index is 11.5. The molecule has 1 aromatic rings. The fraction of sp³-hybridized carbons (Fsp3) is 0.182. The SMILES string of the molecule is C=CCCNC(=O)c1ccc(Br)cc1. The molecular formula is C11H12BrNO. The Balaban J connectivity index is 2.52. The minimum Gasteiger partial charge on any atom is -0.352 e. The predicted octanol–water partition coefficient (Wildman–Crippen LogP) is 2.76. The van der Waals surface area contributed by atoms with Crippen molar-refractivity contribution in [3.8, 4) is 0 Å². The third-order valence-corrected chi connectivity index (χ3v) is 2.27. The van der Waals surface area contributed by atoms with Gasteiger partial charge in [0.25, 0.3) is 5.91 Å². The number of carbonyl (C=O) groups excluding carboxylic acids is 1. The van der Waals surface area contributed by atoms with Crippen LogP contribution in [0.25, 0.3) is 0 Å². The summed E-state index contributed by atoms with van der Waals surface area (Å²) in [4.78, 5) is 11.5. The van der Waals surface area contributed by atoms with Crippen molar-refractivity contribution in [2.24, 2.45) is 0 Å². The highest BCUT2D eigenvalue weighted by atomic mass is 79.9. The highest BCUT2D eigenvalue weighted by Gasteiger charge is 2.02. The lowest BCUT2D eigenvalue weighted by Gasteiger charge is -2.02. The van der Waals surface area contributed by atoms with Gasteiger partial charge >= 0.3 is 0 Å². The van der Waals surface area contributed by atoms with E-state index >= 15 is 0 Å². The van der Waals surface area contributed by atoms with Gasteiger partial charge in [0.05, 0.1) is 0 Å². The van der Waals surface area contributed by atoms with Crippen molar-refractivity contribution < 1.29 is 4.79 Å². The summed E-state index contributed by atoms with van der Waals surface area (Å²) in [5.41, 5.74) is 0.678. The average Bonchev–Trinajstić information content (AvgIpc) is 2.19. The molecule has 74 valence electrons. The molecule has 1 rings (SSSR count). The molecule has 0 heterocycles. The molecule has 14 heavy (non-hydrogen) atoms. The molecule has 0 radical (unpaired) electrons. The van der Waals surface area contributed by atoms with Crippen LogP contribution in [0.2, 0.25) is 0 Å². The monoisotopic (exact) mass is 253 g/mol. The maximum absolute atomic E-state index is 11.5. The molecule has 0 saturated carbocycles. The fourth-order valence-electron chi connectivity index (χ4n) is 0.991. The van der Waals surface area contributed by atoms with Crippen LogP contribution in [0.3, 0.4) is 0 Å². The van der Waals surface area contributed by atoms with Crippen LogP contribution < -0.4 is 5.32 Å². The molecule has 0 fully saturated rings. The van der Waals surface area contributed by atoms with Gasteiger partial charge in [-0.15, -0.1) is 6.58 Å². The van der Waals surface area contributed by atoms with E-state index in [0.29, 0.717) is 12.1 Å². The molecule has 3 heteroatoms. The molecule has 0 bridgehead atoms. The van der Waals surface area contributed by atoms with Crippen LogP contribution in [0.1, 0.15) is 16.8 Å². The van der Waals surface area contributed by atoms with Gasteiger partial charge in [0.1, 0.15) is 0 Å². The second-order valence-electron chi connectivity index (χ2n) is 2.84. The molecular weight excluding hydrogens is 242 g/mol. The molecule has 0 aliphatic rings. The van der Waals surface area contributed by atoms with Gasteiger partial charge in [-0.05, 0) is 30.7 Å². The van der Waals surface area contributed by atoms with E-state index in [4.69, 9.17) is 0 Å². The Hall–Kier alpha value is -1.09. The van der Waals surface area contributed by atoms with Gasteiger partial charge in [0.2, 0.25) is 0 Å². The second kappa shape index (κ2) is 5.60. The zero-order valence-electron chi connectivity index (χ0n) is 7.79. The number of hydrogen-bond acceptors (Lipinski definition) is 1. The quantitative estimate of drug-likeness (QED) is 0.649. The first-order chi connectivity index (χ1) is 6.74. The van der Waals surface area contributed by atoms with E-state index in [-0.39, 0.29) is 5.91 Å². The minimum atomic E-state index is -0.0423. The Morgan fingerprint density at radius 1 is 1.43 bits per heavy atom. The summed E-state index contributed by atoms with van der Waals surface area (Å²) in [5, 5.41) is 2.79. The third-order valence-electron chi connectivity index (χ3n) is 1.74. The van der Waals surface area contributed by atoms with Crippen LogP contribution in [-0.4, -0.2) is 12.5 Å². The van der Waals surface area contributed by atoms with Crippen LogP contribution in [-0.2, 0) is 0 Å². The Kier molecular flexibility index (Phi) is 4.40. The number of rotatable bonds is 4. The highest BCUT2D eigenvalue weighted by molar-refractivity contribution is 9.10. The smallest absolute Gasteiger partial charge is 0.251 e. The van der Waals surface area contributed by atoms with Crippen molar-refractivity contribution in [3.05, 3.63) is 47.0 Å². The zero-order valence-corrected chi connectivity index (χ0v) is 9.38. The van der Waals surface area contributed by atoms with E-state index in [1.165, 1.54) is 0 Å². The number of benzene rings is 1. The lowest BCUT2D eigenvalue weighted by atomic mass is 10.2. The van der Waals surface area contributed by atoms with Gasteiger partial charge in [-0.2, -0.15) is 0 Å². The van der Waals surface area contributed by atoms with E-state index in [2.05, 4.69) is 27.8 Å². The minimum absolute atomic E-state index is 0.0423. The summed E-state index contributed by atoms with van der Waals surface area (Å²) >= 11 is 3.31. The molecule has 1 amide bonds. The van der Waals surface area contributed by atoms with E-state index in [0.717, 1.165) is 10.9 Å². The number of nitrogens with one attached hydrogen (secondary N) is 1. The van der Waals surface area contributed by atoms with Crippen LogP contribution >= 0.6 is 15.9 Å². The van der Waals surface area contributed by atoms with Crippen LogP contribution in [0.4, 0.5) is 0 Å². The molecule has 0 aliphatic carbocycles. The molecule has 0 aliphatic heterocycles. The lowest BCUT2D eigenvalue weighted by molar-refractivity contribution is 0.0954. The Morgan fingerprint density at radius 3 is 2.64 bits per heavy atom. The van der Waals surface area contributed by atoms with Crippen molar-refractivity contribution in [2.45, 2.75) is 6.42 Å². The maximum Gasteiger partial charge on any atom is 0.251 e. The van der Waals surface area contributed by atoms with Crippen LogP contribution in [0, 0.1) is 0 Å². The number of amides is 1. The number of carbonyl (C=O) groups is 1. The molecule has 0 spiro atoms. The summed E-state index contributed by atoms with van der Waals surface area (Å²) in [6, 6.07) is 7.27. The first-order valence-corrected chi connectivity index (χ1v) is 5.18. The summed E-state index contributed by atoms with van der Waals surface area (Å²) in [6.45, 7) is 4.22. The first kappa shape index (κ1) is 11.0. The van der Waals surface area contributed by atoms with Crippen LogP contribution in [0.15, 0.2) is 41.4 Å². The van der Waals surface area contributed by atoms with E-state index in [1.54, 1.807) is 18.2 Å². The standard InChI is InChI=1S/C11H12BrNO/c1-2-3-8-13-11(14)9-4-6-10(12)7-5-9/h2,4-7H,1,3,8H2,(H,13,14). The number of halogens is 1. The Morgan fingerprint density at radius 2 is 2.07 bits per heavy atom. The predicted molar refractivity (Wildman–Crippen MR) is 61.3 cm³/mol. The largest absolute Gasteiger partial charge is 0.352 e. The summed E-state index contributed by atoms with van der Waals surface area (Å²) < 4.78 is 0.972. The van der Waals surface area contributed by atoms with Gasteiger partial charge in [-0.25, -0.2) is 0 Å². The molecule has 0 aromatic heterocycles. The summed E-state index contributed by atoms with van der Waals surface area (Å²) in [5.74, 6) is -0.0423. The fourth-order valence-corrected chi connectivity index (χ4v) is 1.26. The van der Waals surface area contributed by atoms with E-state index in [1.807, 2.05) is 12.1 Å². The average molecular weight is 254 g/mol.